The quantitative estimate of drug-likeness (QED) is 0.890. The molecule has 0 amide bonds. The van der Waals surface area contributed by atoms with Crippen LogP contribution in [0.25, 0.3) is 0 Å². The summed E-state index contributed by atoms with van der Waals surface area (Å²) in [6.45, 7) is 9.80. The first kappa shape index (κ1) is 13.6. The number of nitrogens with one attached hydrogen (secondary N) is 1. The summed E-state index contributed by atoms with van der Waals surface area (Å²) in [5, 5.41) is 3.15. The van der Waals surface area contributed by atoms with Gasteiger partial charge in [-0.1, -0.05) is 6.92 Å². The van der Waals surface area contributed by atoms with Gasteiger partial charge in [0.1, 0.15) is 11.5 Å². The van der Waals surface area contributed by atoms with Crippen LogP contribution >= 0.6 is 0 Å². The van der Waals surface area contributed by atoms with Crippen LogP contribution in [0.1, 0.15) is 43.8 Å². The molecule has 18 heavy (non-hydrogen) atoms. The number of likely N-dealkylation sites (tertiary alicyclic amines) is 1. The third-order valence-electron chi connectivity index (χ3n) is 4.27. The molecule has 1 fully saturated rings. The van der Waals surface area contributed by atoms with E-state index in [2.05, 4.69) is 37.1 Å². The monoisotopic (exact) mass is 250 g/mol. The molecule has 0 aromatic carbocycles. The third kappa shape index (κ3) is 2.96. The van der Waals surface area contributed by atoms with E-state index < -0.39 is 0 Å². The molecule has 1 aliphatic rings. The van der Waals surface area contributed by atoms with Crippen molar-refractivity contribution in [3.63, 3.8) is 0 Å². The first-order chi connectivity index (χ1) is 8.61. The highest BCUT2D eigenvalue weighted by Crippen LogP contribution is 2.25. The molecule has 0 spiro atoms. The lowest BCUT2D eigenvalue weighted by Gasteiger charge is -2.37. The molecule has 1 aromatic heterocycles. The van der Waals surface area contributed by atoms with E-state index >= 15 is 0 Å². The summed E-state index contributed by atoms with van der Waals surface area (Å²) in [5.41, 5.74) is 1.26. The number of nitrogens with zero attached hydrogens (tertiary/aromatic N) is 1. The topological polar surface area (TPSA) is 28.4 Å². The molecule has 2 atom stereocenters. The van der Waals surface area contributed by atoms with Gasteiger partial charge < -0.3 is 9.73 Å². The summed E-state index contributed by atoms with van der Waals surface area (Å²) >= 11 is 0. The molecule has 1 saturated heterocycles. The van der Waals surface area contributed by atoms with Gasteiger partial charge in [-0.3, -0.25) is 4.90 Å². The maximum absolute atomic E-state index is 5.94. The molecule has 2 unspecified atom stereocenters. The first-order valence-electron chi connectivity index (χ1n) is 7.08. The van der Waals surface area contributed by atoms with Crippen molar-refractivity contribution in [2.45, 2.75) is 52.7 Å². The molecule has 0 aliphatic carbocycles. The average Bonchev–Trinajstić information content (AvgIpc) is 2.66. The summed E-state index contributed by atoms with van der Waals surface area (Å²) in [5.74, 6) is 2.98. The Morgan fingerprint density at radius 2 is 2.22 bits per heavy atom. The maximum Gasteiger partial charge on any atom is 0.120 e. The van der Waals surface area contributed by atoms with Crippen LogP contribution in [0.5, 0.6) is 0 Å². The summed E-state index contributed by atoms with van der Waals surface area (Å²) < 4.78 is 5.94. The Balaban J connectivity index is 2.02. The summed E-state index contributed by atoms with van der Waals surface area (Å²) in [7, 11) is 1.95. The Labute approximate surface area is 111 Å². The van der Waals surface area contributed by atoms with Gasteiger partial charge in [-0.15, -0.1) is 0 Å². The lowest BCUT2D eigenvalue weighted by atomic mass is 9.92. The number of furan rings is 1. The Bertz CT molecular complexity index is 386. The van der Waals surface area contributed by atoms with Crippen molar-refractivity contribution in [3.8, 4) is 0 Å². The van der Waals surface area contributed by atoms with Gasteiger partial charge in [0, 0.05) is 6.04 Å². The van der Waals surface area contributed by atoms with E-state index in [4.69, 9.17) is 4.42 Å². The van der Waals surface area contributed by atoms with Crippen LogP contribution in [-0.2, 0) is 13.1 Å². The molecule has 0 bridgehead atoms. The number of rotatable bonds is 4. The summed E-state index contributed by atoms with van der Waals surface area (Å²) in [6, 6.07) is 2.86. The number of hydrogen-bond donors (Lipinski definition) is 1. The second-order valence-corrected chi connectivity index (χ2v) is 5.68. The van der Waals surface area contributed by atoms with E-state index in [1.165, 1.54) is 24.9 Å². The predicted molar refractivity (Wildman–Crippen MR) is 74.5 cm³/mol. The van der Waals surface area contributed by atoms with Crippen LogP contribution in [0.4, 0.5) is 0 Å². The fourth-order valence-corrected chi connectivity index (χ4v) is 2.85. The minimum atomic E-state index is 0.664. The molecule has 3 heteroatoms. The lowest BCUT2D eigenvalue weighted by molar-refractivity contribution is 0.0981. The van der Waals surface area contributed by atoms with E-state index in [9.17, 15) is 0 Å². The zero-order valence-electron chi connectivity index (χ0n) is 12.1. The van der Waals surface area contributed by atoms with Crippen molar-refractivity contribution in [1.82, 2.24) is 10.2 Å². The fraction of sp³-hybridized carbons (Fsp3) is 0.733. The average molecular weight is 250 g/mol. The molecule has 0 saturated carbocycles. The predicted octanol–water partition coefficient (Wildman–Crippen LogP) is 2.93. The van der Waals surface area contributed by atoms with E-state index in [0.717, 1.165) is 30.5 Å². The molecule has 102 valence electrons. The lowest BCUT2D eigenvalue weighted by Crippen LogP contribution is -2.41. The fourth-order valence-electron chi connectivity index (χ4n) is 2.85. The second kappa shape index (κ2) is 5.89. The van der Waals surface area contributed by atoms with Crippen molar-refractivity contribution in [3.05, 3.63) is 23.2 Å². The van der Waals surface area contributed by atoms with Crippen LogP contribution in [0, 0.1) is 12.8 Å². The van der Waals surface area contributed by atoms with Gasteiger partial charge >= 0.3 is 0 Å². The molecular formula is C15H26N2O. The van der Waals surface area contributed by atoms with Crippen LogP contribution in [-0.4, -0.2) is 24.5 Å². The van der Waals surface area contributed by atoms with Crippen molar-refractivity contribution in [2.75, 3.05) is 13.6 Å². The van der Waals surface area contributed by atoms with E-state index in [1.54, 1.807) is 0 Å². The van der Waals surface area contributed by atoms with Crippen LogP contribution in [0.2, 0.25) is 0 Å². The zero-order valence-corrected chi connectivity index (χ0v) is 12.1. The number of piperidine rings is 1. The summed E-state index contributed by atoms with van der Waals surface area (Å²) in [6.07, 6.45) is 2.68. The van der Waals surface area contributed by atoms with Gasteiger partial charge in [0.2, 0.25) is 0 Å². The normalized spacial score (nSPS) is 25.6. The molecule has 2 heterocycles. The van der Waals surface area contributed by atoms with Gasteiger partial charge in [0.25, 0.3) is 0 Å². The van der Waals surface area contributed by atoms with Crippen molar-refractivity contribution in [2.24, 2.45) is 5.92 Å². The van der Waals surface area contributed by atoms with E-state index in [-0.39, 0.29) is 0 Å². The maximum atomic E-state index is 5.94. The highest BCUT2D eigenvalue weighted by atomic mass is 16.3. The van der Waals surface area contributed by atoms with Gasteiger partial charge in [-0.25, -0.2) is 0 Å². The first-order valence-corrected chi connectivity index (χ1v) is 7.08. The van der Waals surface area contributed by atoms with E-state index in [0.29, 0.717) is 6.04 Å². The van der Waals surface area contributed by atoms with Crippen LogP contribution < -0.4 is 5.32 Å². The number of hydrogen-bond acceptors (Lipinski definition) is 3. The Morgan fingerprint density at radius 1 is 1.44 bits per heavy atom. The Morgan fingerprint density at radius 3 is 2.94 bits per heavy atom. The van der Waals surface area contributed by atoms with Crippen LogP contribution in [0.3, 0.4) is 0 Å². The molecule has 1 aliphatic heterocycles. The molecule has 1 N–H and O–H groups in total. The van der Waals surface area contributed by atoms with E-state index in [1.807, 2.05) is 7.05 Å². The SMILES string of the molecule is CNCc1oc(CN2CCCC(C)C2C)cc1C. The largest absolute Gasteiger partial charge is 0.463 e. The number of aryl methyl sites for hydroxylation is 1. The minimum absolute atomic E-state index is 0.664. The molecular weight excluding hydrogens is 224 g/mol. The minimum Gasteiger partial charge on any atom is -0.463 e. The molecule has 0 radical (unpaired) electrons. The highest BCUT2D eigenvalue weighted by Gasteiger charge is 2.25. The second-order valence-electron chi connectivity index (χ2n) is 5.68. The molecule has 1 aromatic rings. The Kier molecular flexibility index (Phi) is 4.46. The molecule has 3 nitrogen and oxygen atoms in total. The third-order valence-corrected chi connectivity index (χ3v) is 4.27. The Hall–Kier alpha value is -0.800. The highest BCUT2D eigenvalue weighted by molar-refractivity contribution is 5.20. The molecule has 2 rings (SSSR count). The zero-order chi connectivity index (χ0) is 13.1. The van der Waals surface area contributed by atoms with Gasteiger partial charge in [-0.2, -0.15) is 0 Å². The van der Waals surface area contributed by atoms with Gasteiger partial charge in [0.15, 0.2) is 0 Å². The standard InChI is InChI=1S/C15H26N2O/c1-11-6-5-7-17(13(11)3)10-14-8-12(2)15(18-14)9-16-4/h8,11,13,16H,5-7,9-10H2,1-4H3. The van der Waals surface area contributed by atoms with Gasteiger partial charge in [-0.05, 0) is 57.8 Å². The van der Waals surface area contributed by atoms with Crippen molar-refractivity contribution >= 4 is 0 Å². The smallest absolute Gasteiger partial charge is 0.120 e. The van der Waals surface area contributed by atoms with Crippen molar-refractivity contribution < 1.29 is 4.42 Å². The van der Waals surface area contributed by atoms with Crippen molar-refractivity contribution in [1.29, 1.82) is 0 Å². The van der Waals surface area contributed by atoms with Gasteiger partial charge in [0.05, 0.1) is 13.1 Å². The summed E-state index contributed by atoms with van der Waals surface area (Å²) in [4.78, 5) is 2.55. The van der Waals surface area contributed by atoms with Crippen LogP contribution in [0.15, 0.2) is 10.5 Å².